The van der Waals surface area contributed by atoms with Crippen molar-refractivity contribution in [2.24, 2.45) is 0 Å². The third kappa shape index (κ3) is 12.3. The largest absolute Gasteiger partial charge is 0.455 e. The molecule has 0 saturated heterocycles. The molecule has 10 heteroatoms. The molecule has 0 aliphatic heterocycles. The average molecular weight is 590 g/mol. The van der Waals surface area contributed by atoms with Crippen molar-refractivity contribution in [3.63, 3.8) is 0 Å². The zero-order valence-corrected chi connectivity index (χ0v) is 24.5. The Hall–Kier alpha value is -4.86. The van der Waals surface area contributed by atoms with Crippen LogP contribution in [0.15, 0.2) is 91.0 Å². The maximum atomic E-state index is 13.4. The number of amides is 3. The van der Waals surface area contributed by atoms with E-state index in [0.717, 1.165) is 16.7 Å². The third-order valence-corrected chi connectivity index (χ3v) is 6.47. The summed E-state index contributed by atoms with van der Waals surface area (Å²) in [5, 5.41) is 8.23. The third-order valence-electron chi connectivity index (χ3n) is 6.47. The van der Waals surface area contributed by atoms with Crippen LogP contribution in [-0.4, -0.2) is 42.7 Å². The predicted octanol–water partition coefficient (Wildman–Crippen LogP) is 5.19. The SMILES string of the molecule is CC(=O)O[C@H](c1ccccc1)[C@H](C)NC(=O)[C@H](CCCCNC(=O)OCc1ccccc1)NC(=O)OCc1ccccc1. The first-order chi connectivity index (χ1) is 20.8. The molecule has 3 atom stereocenters. The molecule has 10 nitrogen and oxygen atoms in total. The number of rotatable bonds is 15. The number of benzene rings is 3. The zero-order chi connectivity index (χ0) is 30.9. The summed E-state index contributed by atoms with van der Waals surface area (Å²) in [7, 11) is 0. The lowest BCUT2D eigenvalue weighted by Gasteiger charge is -2.27. The molecule has 0 fully saturated rings. The molecule has 3 amide bonds. The Morgan fingerprint density at radius 3 is 1.79 bits per heavy atom. The molecule has 3 aromatic rings. The Labute approximate surface area is 252 Å². The molecular weight excluding hydrogens is 550 g/mol. The molecule has 0 spiro atoms. The monoisotopic (exact) mass is 589 g/mol. The Bertz CT molecular complexity index is 1290. The molecule has 3 aromatic carbocycles. The van der Waals surface area contributed by atoms with Crippen molar-refractivity contribution in [1.82, 2.24) is 16.0 Å². The van der Waals surface area contributed by atoms with E-state index in [4.69, 9.17) is 14.2 Å². The highest BCUT2D eigenvalue weighted by molar-refractivity contribution is 5.85. The van der Waals surface area contributed by atoms with Gasteiger partial charge in [0.1, 0.15) is 25.4 Å². The molecule has 0 aromatic heterocycles. The Balaban J connectivity index is 1.55. The van der Waals surface area contributed by atoms with Gasteiger partial charge in [-0.05, 0) is 42.9 Å². The summed E-state index contributed by atoms with van der Waals surface area (Å²) in [6.07, 6.45) is -0.661. The van der Waals surface area contributed by atoms with Crippen LogP contribution in [0.4, 0.5) is 9.59 Å². The van der Waals surface area contributed by atoms with Crippen molar-refractivity contribution in [2.45, 2.75) is 64.5 Å². The number of alkyl carbamates (subject to hydrolysis) is 2. The van der Waals surface area contributed by atoms with Crippen LogP contribution in [0.3, 0.4) is 0 Å². The molecule has 3 N–H and O–H groups in total. The van der Waals surface area contributed by atoms with E-state index in [1.807, 2.05) is 91.0 Å². The number of nitrogens with one attached hydrogen (secondary N) is 3. The second-order valence-corrected chi connectivity index (χ2v) is 9.98. The van der Waals surface area contributed by atoms with E-state index >= 15 is 0 Å². The highest BCUT2D eigenvalue weighted by atomic mass is 16.6. The lowest BCUT2D eigenvalue weighted by Crippen LogP contribution is -2.50. The average Bonchev–Trinajstić information content (AvgIpc) is 3.02. The Morgan fingerprint density at radius 2 is 1.23 bits per heavy atom. The molecule has 3 rings (SSSR count). The van der Waals surface area contributed by atoms with Gasteiger partial charge in [0, 0.05) is 13.5 Å². The number of carbonyl (C=O) groups excluding carboxylic acids is 4. The first kappa shape index (κ1) is 32.7. The number of unbranched alkanes of at least 4 members (excludes halogenated alkanes) is 1. The van der Waals surface area contributed by atoms with E-state index in [1.54, 1.807) is 6.92 Å². The van der Waals surface area contributed by atoms with Gasteiger partial charge >= 0.3 is 18.2 Å². The minimum Gasteiger partial charge on any atom is -0.455 e. The Morgan fingerprint density at radius 1 is 0.698 bits per heavy atom. The summed E-state index contributed by atoms with van der Waals surface area (Å²) in [5.74, 6) is -0.934. The second kappa shape index (κ2) is 17.8. The topological polar surface area (TPSA) is 132 Å². The quantitative estimate of drug-likeness (QED) is 0.126. The molecule has 0 heterocycles. The molecular formula is C33H39N3O7. The molecule has 0 aliphatic carbocycles. The number of carbonyl (C=O) groups is 4. The molecule has 0 bridgehead atoms. The smallest absolute Gasteiger partial charge is 0.408 e. The van der Waals surface area contributed by atoms with Crippen LogP contribution in [0.2, 0.25) is 0 Å². The van der Waals surface area contributed by atoms with Gasteiger partial charge in [-0.3, -0.25) is 9.59 Å². The van der Waals surface area contributed by atoms with Crippen molar-refractivity contribution < 1.29 is 33.4 Å². The van der Waals surface area contributed by atoms with E-state index in [0.29, 0.717) is 19.4 Å². The molecule has 0 radical (unpaired) electrons. The number of hydrogen-bond donors (Lipinski definition) is 3. The van der Waals surface area contributed by atoms with Gasteiger partial charge in [-0.1, -0.05) is 91.0 Å². The van der Waals surface area contributed by atoms with E-state index in [1.165, 1.54) is 6.92 Å². The normalized spacial score (nSPS) is 12.6. The zero-order valence-electron chi connectivity index (χ0n) is 24.5. The van der Waals surface area contributed by atoms with Crippen molar-refractivity contribution in [3.8, 4) is 0 Å². The van der Waals surface area contributed by atoms with Gasteiger partial charge in [-0.15, -0.1) is 0 Å². The fourth-order valence-corrected chi connectivity index (χ4v) is 4.29. The van der Waals surface area contributed by atoms with E-state index in [9.17, 15) is 19.2 Å². The van der Waals surface area contributed by atoms with Crippen LogP contribution >= 0.6 is 0 Å². The lowest BCUT2D eigenvalue weighted by atomic mass is 10.0. The van der Waals surface area contributed by atoms with Crippen molar-refractivity contribution in [3.05, 3.63) is 108 Å². The fraction of sp³-hybridized carbons (Fsp3) is 0.333. The number of esters is 1. The summed E-state index contributed by atoms with van der Waals surface area (Å²) >= 11 is 0. The van der Waals surface area contributed by atoms with Crippen LogP contribution < -0.4 is 16.0 Å². The summed E-state index contributed by atoms with van der Waals surface area (Å²) in [5.41, 5.74) is 2.42. The first-order valence-electron chi connectivity index (χ1n) is 14.3. The Kier molecular flexibility index (Phi) is 13.5. The van der Waals surface area contributed by atoms with E-state index in [-0.39, 0.29) is 19.6 Å². The van der Waals surface area contributed by atoms with Crippen LogP contribution in [-0.2, 0) is 37.0 Å². The highest BCUT2D eigenvalue weighted by Crippen LogP contribution is 2.22. The highest BCUT2D eigenvalue weighted by Gasteiger charge is 2.28. The van der Waals surface area contributed by atoms with E-state index in [2.05, 4.69) is 16.0 Å². The van der Waals surface area contributed by atoms with Gasteiger partial charge in [0.05, 0.1) is 6.04 Å². The maximum Gasteiger partial charge on any atom is 0.408 e. The van der Waals surface area contributed by atoms with Gasteiger partial charge in [0.2, 0.25) is 5.91 Å². The number of ether oxygens (including phenoxy) is 3. The molecule has 0 unspecified atom stereocenters. The van der Waals surface area contributed by atoms with Gasteiger partial charge in [0.15, 0.2) is 0 Å². The molecule has 0 saturated carbocycles. The van der Waals surface area contributed by atoms with Crippen molar-refractivity contribution in [2.75, 3.05) is 6.54 Å². The molecule has 228 valence electrons. The van der Waals surface area contributed by atoms with Crippen LogP contribution in [0.1, 0.15) is 55.9 Å². The van der Waals surface area contributed by atoms with Crippen LogP contribution in [0.25, 0.3) is 0 Å². The van der Waals surface area contributed by atoms with Gasteiger partial charge in [-0.25, -0.2) is 9.59 Å². The minimum absolute atomic E-state index is 0.0506. The van der Waals surface area contributed by atoms with Gasteiger partial charge < -0.3 is 30.2 Å². The minimum atomic E-state index is -0.926. The molecule has 0 aliphatic rings. The maximum absolute atomic E-state index is 13.4. The summed E-state index contributed by atoms with van der Waals surface area (Å²) in [6.45, 7) is 3.59. The second-order valence-electron chi connectivity index (χ2n) is 9.98. The standard InChI is InChI=1S/C33H39N3O7/c1-24(30(43-25(2)37)28-18-10-5-11-19-28)35-31(38)29(36-33(40)42-23-27-16-8-4-9-17-27)20-12-13-21-34-32(39)41-22-26-14-6-3-7-15-26/h3-11,14-19,24,29-30H,12-13,20-23H2,1-2H3,(H,34,39)(H,35,38)(H,36,40)/t24-,29-,30-/m0/s1. The van der Waals surface area contributed by atoms with Crippen molar-refractivity contribution in [1.29, 1.82) is 0 Å². The predicted molar refractivity (Wildman–Crippen MR) is 161 cm³/mol. The lowest BCUT2D eigenvalue weighted by molar-refractivity contribution is -0.149. The fourth-order valence-electron chi connectivity index (χ4n) is 4.29. The van der Waals surface area contributed by atoms with Crippen molar-refractivity contribution >= 4 is 24.1 Å². The van der Waals surface area contributed by atoms with Gasteiger partial charge in [-0.2, -0.15) is 0 Å². The summed E-state index contributed by atoms with van der Waals surface area (Å²) < 4.78 is 16.1. The van der Waals surface area contributed by atoms with Crippen LogP contribution in [0, 0.1) is 0 Å². The van der Waals surface area contributed by atoms with Crippen LogP contribution in [0.5, 0.6) is 0 Å². The summed E-state index contributed by atoms with van der Waals surface area (Å²) in [4.78, 5) is 49.8. The summed E-state index contributed by atoms with van der Waals surface area (Å²) in [6, 6.07) is 26.1. The van der Waals surface area contributed by atoms with E-state index < -0.39 is 42.3 Å². The van der Waals surface area contributed by atoms with Gasteiger partial charge in [0.25, 0.3) is 0 Å². The first-order valence-corrected chi connectivity index (χ1v) is 14.3. The number of hydrogen-bond acceptors (Lipinski definition) is 7. The molecule has 43 heavy (non-hydrogen) atoms.